The lowest BCUT2D eigenvalue weighted by Crippen LogP contribution is -2.08. The maximum Gasteiger partial charge on any atom is 0.293 e. The van der Waals surface area contributed by atoms with E-state index >= 15 is 0 Å². The first-order chi connectivity index (χ1) is 5.77. The van der Waals surface area contributed by atoms with Crippen molar-refractivity contribution in [2.45, 2.75) is 6.92 Å². The van der Waals surface area contributed by atoms with Crippen molar-refractivity contribution in [1.82, 2.24) is 0 Å². The van der Waals surface area contributed by atoms with Crippen LogP contribution in [0.4, 0.5) is 0 Å². The van der Waals surface area contributed by atoms with E-state index in [-0.39, 0.29) is 6.61 Å². The number of rotatable bonds is 7. The molecule has 0 unspecified atom stereocenters. The van der Waals surface area contributed by atoms with Crippen LogP contribution in [0, 0.1) is 0 Å². The first-order valence-corrected chi connectivity index (χ1v) is 3.56. The zero-order chi connectivity index (χ0) is 9.23. The van der Waals surface area contributed by atoms with Crippen LogP contribution in [0.5, 0.6) is 0 Å². The summed E-state index contributed by atoms with van der Waals surface area (Å²) in [5.41, 5.74) is 0. The molecule has 0 bridgehead atoms. The molecule has 4 heteroatoms. The van der Waals surface area contributed by atoms with Crippen molar-refractivity contribution >= 4 is 6.45 Å². The maximum absolute atomic E-state index is 9.94. The molecule has 0 amide bonds. The van der Waals surface area contributed by atoms with E-state index in [9.17, 15) is 4.79 Å². The van der Waals surface area contributed by atoms with Crippen molar-refractivity contribution in [2.24, 2.45) is 0 Å². The summed E-state index contributed by atoms with van der Waals surface area (Å²) in [4.78, 5) is 9.94. The van der Waals surface area contributed by atoms with Gasteiger partial charge in [-0.2, -0.15) is 0 Å². The van der Waals surface area contributed by atoms with Gasteiger partial charge in [-0.15, -0.1) is 0 Å². The molecule has 0 aromatic heterocycles. The summed E-state index contributed by atoms with van der Waals surface area (Å²) in [6, 6.07) is 0. The lowest BCUT2D eigenvalue weighted by Gasteiger charge is -2.02. The summed E-state index contributed by atoms with van der Waals surface area (Å²) in [6.07, 6.45) is -1.02. The monoisotopic (exact) mass is 164 g/mol. The van der Waals surface area contributed by atoms with Gasteiger partial charge in [-0.05, 0) is 6.92 Å². The molecular weight excluding hydrogens is 148 g/mol. The molecule has 11 heavy (non-hydrogen) atoms. The lowest BCUT2D eigenvalue weighted by molar-refractivity contribution is -0.130. The number of ether oxygens (including phenoxy) is 3. The van der Waals surface area contributed by atoms with E-state index in [4.69, 9.17) is 10.8 Å². The highest BCUT2D eigenvalue weighted by atomic mass is 16.6. The van der Waals surface area contributed by atoms with Crippen LogP contribution in [0.2, 0.25) is 0 Å². The predicted molar refractivity (Wildman–Crippen MR) is 39.3 cm³/mol. The molecule has 0 rings (SSSR count). The summed E-state index contributed by atoms with van der Waals surface area (Å²) in [6.45, 7) is 4.06. The molecule has 0 saturated heterocycles. The standard InChI is InChI=1S/C7H14O4/c1-2-9-3-4-10-5-6-11-7-8/h7H,2-6H2,1H3/i7T. The average Bonchev–Trinajstić information content (AvgIpc) is 2.02. The Bertz CT molecular complexity index is 118. The van der Waals surface area contributed by atoms with E-state index in [2.05, 4.69) is 4.74 Å². The summed E-state index contributed by atoms with van der Waals surface area (Å²) in [5.74, 6) is 0. The summed E-state index contributed by atoms with van der Waals surface area (Å²) in [7, 11) is 0. The molecule has 0 N–H and O–H groups in total. The van der Waals surface area contributed by atoms with Gasteiger partial charge in [0.25, 0.3) is 6.45 Å². The number of hydrogen-bond acceptors (Lipinski definition) is 4. The van der Waals surface area contributed by atoms with Gasteiger partial charge in [0, 0.05) is 6.61 Å². The SMILES string of the molecule is [3H]C(=O)OCCOCCOCC. The quantitative estimate of drug-likeness (QED) is 0.398. The van der Waals surface area contributed by atoms with E-state index in [0.717, 1.165) is 0 Å². The minimum absolute atomic E-state index is 0.133. The van der Waals surface area contributed by atoms with Gasteiger partial charge in [0.1, 0.15) is 6.61 Å². The molecule has 0 aliphatic rings. The van der Waals surface area contributed by atoms with Gasteiger partial charge < -0.3 is 14.2 Å². The molecule has 0 saturated carbocycles. The second-order valence-electron chi connectivity index (χ2n) is 1.74. The molecule has 0 heterocycles. The van der Waals surface area contributed by atoms with Crippen LogP contribution in [0.25, 0.3) is 0 Å². The summed E-state index contributed by atoms with van der Waals surface area (Å²) >= 11 is 0. The van der Waals surface area contributed by atoms with Crippen LogP contribution in [0.3, 0.4) is 0 Å². The Morgan fingerprint density at radius 3 is 2.55 bits per heavy atom. The Labute approximate surface area is 67.8 Å². The van der Waals surface area contributed by atoms with Crippen LogP contribution in [-0.4, -0.2) is 39.5 Å². The number of hydrogen-bond donors (Lipinski definition) is 0. The third kappa shape index (κ3) is 9.39. The van der Waals surface area contributed by atoms with Crippen LogP contribution < -0.4 is 0 Å². The highest BCUT2D eigenvalue weighted by Crippen LogP contribution is 1.78. The minimum Gasteiger partial charge on any atom is -0.465 e. The Morgan fingerprint density at radius 1 is 1.27 bits per heavy atom. The highest BCUT2D eigenvalue weighted by molar-refractivity contribution is 5.36. The number of carbonyl (C=O) groups excluding carboxylic acids is 1. The maximum atomic E-state index is 9.94. The first kappa shape index (κ1) is 8.49. The molecule has 0 aliphatic carbocycles. The fraction of sp³-hybridized carbons (Fsp3) is 0.857. The second kappa shape index (κ2) is 9.39. The third-order valence-electron chi connectivity index (χ3n) is 0.965. The Hall–Kier alpha value is -0.610. The van der Waals surface area contributed by atoms with Gasteiger partial charge in [-0.25, -0.2) is 0 Å². The highest BCUT2D eigenvalue weighted by Gasteiger charge is 1.87. The molecule has 66 valence electrons. The second-order valence-corrected chi connectivity index (χ2v) is 1.74. The molecule has 0 fully saturated rings. The van der Waals surface area contributed by atoms with E-state index in [1.54, 1.807) is 0 Å². The zero-order valence-electron chi connectivity index (χ0n) is 7.67. The molecule has 4 nitrogen and oxygen atoms in total. The predicted octanol–water partition coefficient (Wildman–Crippen LogP) is 0.213. The Balaban J connectivity index is 2.86. The van der Waals surface area contributed by atoms with E-state index in [1.807, 2.05) is 6.92 Å². The Kier molecular flexibility index (Phi) is 7.24. The van der Waals surface area contributed by atoms with Gasteiger partial charge in [-0.3, -0.25) is 4.79 Å². The molecular formula is C7H14O4. The van der Waals surface area contributed by atoms with Crippen LogP contribution >= 0.6 is 0 Å². The van der Waals surface area contributed by atoms with Gasteiger partial charge in [-0.1, -0.05) is 0 Å². The van der Waals surface area contributed by atoms with Gasteiger partial charge in [0.2, 0.25) is 0 Å². The minimum atomic E-state index is -1.02. The normalized spacial score (nSPS) is 10.8. The van der Waals surface area contributed by atoms with Crippen LogP contribution in [-0.2, 0) is 19.0 Å². The van der Waals surface area contributed by atoms with Gasteiger partial charge in [0.05, 0.1) is 19.8 Å². The molecule has 0 aromatic carbocycles. The molecule has 0 radical (unpaired) electrons. The first-order valence-electron chi connectivity index (χ1n) is 4.06. The topological polar surface area (TPSA) is 44.8 Å². The fourth-order valence-corrected chi connectivity index (χ4v) is 0.507. The molecule has 0 atom stereocenters. The van der Waals surface area contributed by atoms with E-state index in [1.165, 1.54) is 0 Å². The van der Waals surface area contributed by atoms with Gasteiger partial charge in [0.15, 0.2) is 1.37 Å². The molecule has 0 aromatic rings. The van der Waals surface area contributed by atoms with Gasteiger partial charge >= 0.3 is 0 Å². The van der Waals surface area contributed by atoms with Crippen molar-refractivity contribution in [3.05, 3.63) is 0 Å². The van der Waals surface area contributed by atoms with Crippen molar-refractivity contribution < 1.29 is 20.4 Å². The average molecular weight is 164 g/mol. The van der Waals surface area contributed by atoms with Crippen molar-refractivity contribution in [3.63, 3.8) is 0 Å². The van der Waals surface area contributed by atoms with Crippen molar-refractivity contribution in [3.8, 4) is 0 Å². The van der Waals surface area contributed by atoms with Crippen LogP contribution in [0.15, 0.2) is 0 Å². The van der Waals surface area contributed by atoms with Crippen molar-refractivity contribution in [1.29, 1.82) is 0 Å². The van der Waals surface area contributed by atoms with Crippen LogP contribution in [0.1, 0.15) is 8.29 Å². The third-order valence-corrected chi connectivity index (χ3v) is 0.965. The number of carbonyl (C=O) groups is 1. The van der Waals surface area contributed by atoms with E-state index in [0.29, 0.717) is 26.4 Å². The smallest absolute Gasteiger partial charge is 0.293 e. The molecule has 0 spiro atoms. The lowest BCUT2D eigenvalue weighted by atomic mass is 10.7. The summed E-state index contributed by atoms with van der Waals surface area (Å²) < 4.78 is 20.7. The zero-order valence-corrected chi connectivity index (χ0v) is 6.67. The van der Waals surface area contributed by atoms with E-state index < -0.39 is 6.45 Å². The Morgan fingerprint density at radius 2 is 1.91 bits per heavy atom. The summed E-state index contributed by atoms with van der Waals surface area (Å²) in [5, 5.41) is 0. The van der Waals surface area contributed by atoms with Crippen molar-refractivity contribution in [2.75, 3.05) is 33.0 Å². The fourth-order valence-electron chi connectivity index (χ4n) is 0.507. The molecule has 0 aliphatic heterocycles. The largest absolute Gasteiger partial charge is 0.465 e.